The number of methoxy groups -OCH3 is 1. The third-order valence-corrected chi connectivity index (χ3v) is 8.09. The molecule has 2 aliphatic heterocycles. The van der Waals surface area contributed by atoms with Crippen molar-refractivity contribution in [3.8, 4) is 5.75 Å². The third-order valence-electron chi connectivity index (χ3n) is 8.09. The van der Waals surface area contributed by atoms with Crippen LogP contribution in [0.3, 0.4) is 0 Å². The summed E-state index contributed by atoms with van der Waals surface area (Å²) in [5, 5.41) is 0. The van der Waals surface area contributed by atoms with Crippen LogP contribution >= 0.6 is 0 Å². The summed E-state index contributed by atoms with van der Waals surface area (Å²) >= 11 is 0. The number of carbonyl (C=O) groups excluding carboxylic acids is 1. The highest BCUT2D eigenvalue weighted by molar-refractivity contribution is 5.76. The number of rotatable bonds is 4. The number of ether oxygens (including phenoxy) is 2. The average Bonchev–Trinajstić information content (AvgIpc) is 3.06. The minimum atomic E-state index is -0.00449. The number of allylic oxidation sites excluding steroid dienone is 3. The number of hydrogen-bond acceptors (Lipinski definition) is 4. The molecule has 2 heterocycles. The van der Waals surface area contributed by atoms with Crippen molar-refractivity contribution in [3.63, 3.8) is 0 Å². The Morgan fingerprint density at radius 3 is 2.87 bits per heavy atom. The number of nitrogens with one attached hydrogen (secondary N) is 1. The molecule has 5 heteroatoms. The summed E-state index contributed by atoms with van der Waals surface area (Å²) in [6, 6.07) is 8.29. The van der Waals surface area contributed by atoms with E-state index in [4.69, 9.17) is 9.47 Å². The second-order valence-electron chi connectivity index (χ2n) is 10.1. The van der Waals surface area contributed by atoms with E-state index in [1.165, 1.54) is 28.2 Å². The van der Waals surface area contributed by atoms with Gasteiger partial charge in [0, 0.05) is 17.7 Å². The second kappa shape index (κ2) is 8.01. The van der Waals surface area contributed by atoms with E-state index in [1.54, 1.807) is 7.11 Å². The summed E-state index contributed by atoms with van der Waals surface area (Å²) in [4.78, 5) is 16.8. The topological polar surface area (TPSA) is 43.2 Å². The van der Waals surface area contributed by atoms with Gasteiger partial charge in [0.15, 0.2) is 0 Å². The highest BCUT2D eigenvalue weighted by atomic mass is 16.6. The molecule has 1 aromatic carbocycles. The number of fused-ring (bicyclic) bond motifs is 2. The van der Waals surface area contributed by atoms with E-state index in [0.717, 1.165) is 51.3 Å². The molecule has 0 bridgehead atoms. The van der Waals surface area contributed by atoms with Gasteiger partial charge in [-0.25, -0.2) is 0 Å². The van der Waals surface area contributed by atoms with Gasteiger partial charge in [0.1, 0.15) is 17.8 Å². The zero-order valence-corrected chi connectivity index (χ0v) is 19.0. The summed E-state index contributed by atoms with van der Waals surface area (Å²) in [7, 11) is 1.71. The Hall–Kier alpha value is -2.27. The monoisotopic (exact) mass is 423 g/mol. The van der Waals surface area contributed by atoms with E-state index in [9.17, 15) is 4.79 Å². The smallest absolute Gasteiger partial charge is 0.315 e. The molecule has 5 nitrogen and oxygen atoms in total. The van der Waals surface area contributed by atoms with Gasteiger partial charge >= 0.3 is 5.97 Å². The Bertz CT molecular complexity index is 915. The van der Waals surface area contributed by atoms with E-state index >= 15 is 0 Å². The van der Waals surface area contributed by atoms with Crippen LogP contribution < -0.4 is 14.5 Å². The standard InChI is InChI=1S/C26H34N2O3/c1-18-6-5-9-26(2)16-24-21(15-23(18)26)22(25(29)31-24)17-27-10-12-28(13-11-27)19-7-4-8-20(14-19)30-3/h4,6-8,14-15,21-22,24H,5,9-13,16-17H2,1-3H3/p+1/t21-,22-,24-,26-/m1/s1. The quantitative estimate of drug-likeness (QED) is 0.757. The molecule has 0 saturated carbocycles. The van der Waals surface area contributed by atoms with Crippen LogP contribution in [0.5, 0.6) is 5.75 Å². The number of quaternary nitrogens is 1. The first-order valence-corrected chi connectivity index (χ1v) is 11.8. The molecule has 2 fully saturated rings. The van der Waals surface area contributed by atoms with Crippen LogP contribution in [-0.2, 0) is 9.53 Å². The van der Waals surface area contributed by atoms with Crippen LogP contribution in [0.1, 0.15) is 33.1 Å². The van der Waals surface area contributed by atoms with Crippen molar-refractivity contribution in [2.75, 3.05) is 44.7 Å². The second-order valence-corrected chi connectivity index (χ2v) is 10.1. The molecule has 166 valence electrons. The van der Waals surface area contributed by atoms with Crippen LogP contribution in [0.4, 0.5) is 5.69 Å². The molecule has 0 unspecified atom stereocenters. The Labute approximate surface area is 185 Å². The lowest BCUT2D eigenvalue weighted by atomic mass is 9.62. The van der Waals surface area contributed by atoms with E-state index in [0.29, 0.717) is 0 Å². The molecular formula is C26H35N2O3+. The maximum atomic E-state index is 12.9. The number of hydrogen-bond donors (Lipinski definition) is 1. The number of carbonyl (C=O) groups is 1. The van der Waals surface area contributed by atoms with Crippen LogP contribution in [0.15, 0.2) is 47.6 Å². The summed E-state index contributed by atoms with van der Waals surface area (Å²) in [6.07, 6.45) is 8.13. The minimum absolute atomic E-state index is 0.00449. The van der Waals surface area contributed by atoms with Gasteiger partial charge in [-0.1, -0.05) is 30.7 Å². The SMILES string of the molecule is COc1cccc(N2CC[NH+](C[C@H]3C(=O)O[C@@H]4C[C@@]5(C)CCC=C(C)C5=C[C@@H]43)CC2)c1. The molecule has 4 atom stereocenters. The van der Waals surface area contributed by atoms with Gasteiger partial charge in [0.2, 0.25) is 0 Å². The fourth-order valence-corrected chi connectivity index (χ4v) is 6.26. The lowest BCUT2D eigenvalue weighted by Crippen LogP contribution is -3.15. The van der Waals surface area contributed by atoms with Gasteiger partial charge in [-0.05, 0) is 49.3 Å². The molecule has 4 aliphatic rings. The Kier molecular flexibility index (Phi) is 5.33. The molecule has 1 aromatic rings. The van der Waals surface area contributed by atoms with Crippen molar-refractivity contribution in [2.24, 2.45) is 17.3 Å². The zero-order valence-electron chi connectivity index (χ0n) is 19.0. The molecule has 2 saturated heterocycles. The molecule has 0 spiro atoms. The van der Waals surface area contributed by atoms with Crippen molar-refractivity contribution in [3.05, 3.63) is 47.6 Å². The lowest BCUT2D eigenvalue weighted by molar-refractivity contribution is -0.903. The first-order valence-electron chi connectivity index (χ1n) is 11.8. The largest absolute Gasteiger partial charge is 0.497 e. The van der Waals surface area contributed by atoms with Gasteiger partial charge in [0.05, 0.1) is 39.8 Å². The zero-order chi connectivity index (χ0) is 21.6. The molecule has 0 aromatic heterocycles. The van der Waals surface area contributed by atoms with Crippen LogP contribution in [0.2, 0.25) is 0 Å². The Morgan fingerprint density at radius 2 is 2.10 bits per heavy atom. The fraction of sp³-hybridized carbons (Fsp3) is 0.577. The number of nitrogens with zero attached hydrogens (tertiary/aromatic N) is 1. The third kappa shape index (κ3) is 3.78. The number of anilines is 1. The van der Waals surface area contributed by atoms with E-state index in [2.05, 4.69) is 43.0 Å². The lowest BCUT2D eigenvalue weighted by Gasteiger charge is -2.43. The van der Waals surface area contributed by atoms with E-state index in [-0.39, 0.29) is 29.3 Å². The van der Waals surface area contributed by atoms with Gasteiger partial charge in [-0.3, -0.25) is 4.79 Å². The van der Waals surface area contributed by atoms with Crippen molar-refractivity contribution in [1.29, 1.82) is 0 Å². The number of benzene rings is 1. The van der Waals surface area contributed by atoms with Crippen molar-refractivity contribution < 1.29 is 19.2 Å². The molecule has 0 radical (unpaired) electrons. The summed E-state index contributed by atoms with van der Waals surface area (Å²) in [5.41, 5.74) is 4.27. The van der Waals surface area contributed by atoms with Crippen molar-refractivity contribution >= 4 is 11.7 Å². The van der Waals surface area contributed by atoms with Crippen LogP contribution in [-0.4, -0.2) is 51.9 Å². The fourth-order valence-electron chi connectivity index (χ4n) is 6.26. The first kappa shape index (κ1) is 20.6. The number of piperazine rings is 1. The maximum absolute atomic E-state index is 12.9. The van der Waals surface area contributed by atoms with Gasteiger partial charge in [0.25, 0.3) is 0 Å². The van der Waals surface area contributed by atoms with Crippen LogP contribution in [0.25, 0.3) is 0 Å². The van der Waals surface area contributed by atoms with Crippen LogP contribution in [0, 0.1) is 17.3 Å². The van der Waals surface area contributed by atoms with Gasteiger partial charge < -0.3 is 19.3 Å². The summed E-state index contributed by atoms with van der Waals surface area (Å²) in [6.45, 7) is 9.57. The molecule has 5 rings (SSSR count). The molecule has 2 aliphatic carbocycles. The van der Waals surface area contributed by atoms with E-state index in [1.807, 2.05) is 12.1 Å². The normalized spacial score (nSPS) is 33.2. The predicted octanol–water partition coefficient (Wildman–Crippen LogP) is 2.63. The van der Waals surface area contributed by atoms with Gasteiger partial charge in [-0.15, -0.1) is 0 Å². The Balaban J connectivity index is 1.26. The highest BCUT2D eigenvalue weighted by Crippen LogP contribution is 2.52. The molecule has 0 amide bonds. The van der Waals surface area contributed by atoms with Crippen molar-refractivity contribution in [1.82, 2.24) is 0 Å². The average molecular weight is 424 g/mol. The molecule has 1 N–H and O–H groups in total. The highest BCUT2D eigenvalue weighted by Gasteiger charge is 2.52. The first-order chi connectivity index (χ1) is 15.0. The molecule has 31 heavy (non-hydrogen) atoms. The predicted molar refractivity (Wildman–Crippen MR) is 121 cm³/mol. The maximum Gasteiger partial charge on any atom is 0.315 e. The minimum Gasteiger partial charge on any atom is -0.497 e. The Morgan fingerprint density at radius 1 is 1.29 bits per heavy atom. The van der Waals surface area contributed by atoms with Gasteiger partial charge in [-0.2, -0.15) is 0 Å². The summed E-state index contributed by atoms with van der Waals surface area (Å²) in [5.74, 6) is 1.16. The number of esters is 1. The van der Waals surface area contributed by atoms with E-state index < -0.39 is 0 Å². The summed E-state index contributed by atoms with van der Waals surface area (Å²) < 4.78 is 11.3. The molecular weight excluding hydrogens is 388 g/mol. The van der Waals surface area contributed by atoms with Crippen molar-refractivity contribution in [2.45, 2.75) is 39.2 Å².